The van der Waals surface area contributed by atoms with Gasteiger partial charge in [-0.15, -0.1) is 0 Å². The lowest BCUT2D eigenvalue weighted by Gasteiger charge is -2.66. The predicted molar refractivity (Wildman–Crippen MR) is 140 cm³/mol. The van der Waals surface area contributed by atoms with Crippen LogP contribution < -0.4 is 5.73 Å². The van der Waals surface area contributed by atoms with E-state index in [-0.39, 0.29) is 52.0 Å². The normalized spacial score (nSPS) is 45.9. The molecule has 5 aliphatic carbocycles. The third kappa shape index (κ3) is 3.42. The first kappa shape index (κ1) is 26.6. The molecule has 0 aliphatic heterocycles. The third-order valence-electron chi connectivity index (χ3n) is 12.3. The van der Waals surface area contributed by atoms with E-state index in [1.54, 1.807) is 0 Å². The number of allylic oxidation sites excluding steroid dienone is 2. The third-order valence-corrected chi connectivity index (χ3v) is 12.3. The number of ketones is 2. The Morgan fingerprint density at radius 1 is 0.892 bits per heavy atom. The summed E-state index contributed by atoms with van der Waals surface area (Å²) in [5, 5.41) is 0. The van der Waals surface area contributed by atoms with Crippen LogP contribution in [0.3, 0.4) is 0 Å². The monoisotopic (exact) mass is 511 g/mol. The molecule has 0 heterocycles. The van der Waals surface area contributed by atoms with Gasteiger partial charge >= 0.3 is 5.97 Å². The van der Waals surface area contributed by atoms with Crippen molar-refractivity contribution in [2.45, 2.75) is 92.9 Å². The number of hydrogen-bond donors (Lipinski definition) is 1. The molecule has 4 fully saturated rings. The molecule has 0 aromatic carbocycles. The maximum absolute atomic E-state index is 14.2. The van der Waals surface area contributed by atoms with E-state index >= 15 is 0 Å². The van der Waals surface area contributed by atoms with E-state index in [9.17, 15) is 19.2 Å². The first-order chi connectivity index (χ1) is 17.0. The standard InChI is InChI=1S/C31H45NO5/c1-27(2)12-13-31(26(36)37-7)11-8-18-23(19(31)16-27)20(33)14-22-29(18,5)10-9-21-28(3,4)24(34)17(25(32)35)15-30(21,22)6/h14,17-19,21,23H,8-13,15-16H2,1-7H3,(H2,32,35)/t17-,18?,19?,21?,23?,29?,30?,31?/m0/s1. The van der Waals surface area contributed by atoms with Crippen molar-refractivity contribution >= 4 is 23.4 Å². The SMILES string of the molecule is COC(=O)C12CCC3C(C(=O)C=C4C3(C)CCC3C(C)(C)C(=O)[C@@H](C(N)=O)CC43C)C1CC(C)(C)CC2. The Hall–Kier alpha value is -1.98. The van der Waals surface area contributed by atoms with Crippen LogP contribution in [0.2, 0.25) is 0 Å². The van der Waals surface area contributed by atoms with Crippen LogP contribution in [0.5, 0.6) is 0 Å². The summed E-state index contributed by atoms with van der Waals surface area (Å²) in [6.07, 6.45) is 8.22. The van der Waals surface area contributed by atoms with Gasteiger partial charge in [-0.1, -0.05) is 47.1 Å². The Morgan fingerprint density at radius 3 is 2.19 bits per heavy atom. The van der Waals surface area contributed by atoms with Crippen molar-refractivity contribution in [1.29, 1.82) is 0 Å². The average Bonchev–Trinajstić information content (AvgIpc) is 2.81. The Labute approximate surface area is 221 Å². The second-order valence-corrected chi connectivity index (χ2v) is 14.9. The number of hydrogen-bond acceptors (Lipinski definition) is 5. The van der Waals surface area contributed by atoms with Gasteiger partial charge in [0.25, 0.3) is 0 Å². The van der Waals surface area contributed by atoms with Crippen molar-refractivity contribution in [3.63, 3.8) is 0 Å². The molecule has 204 valence electrons. The molecule has 0 bridgehead atoms. The topological polar surface area (TPSA) is 104 Å². The number of primary amides is 1. The fraction of sp³-hybridized carbons (Fsp3) is 0.806. The largest absolute Gasteiger partial charge is 0.469 e. The van der Waals surface area contributed by atoms with Gasteiger partial charge in [-0.2, -0.15) is 0 Å². The Morgan fingerprint density at radius 2 is 1.57 bits per heavy atom. The van der Waals surface area contributed by atoms with E-state index < -0.39 is 28.1 Å². The van der Waals surface area contributed by atoms with Crippen LogP contribution in [0.4, 0.5) is 0 Å². The van der Waals surface area contributed by atoms with Crippen molar-refractivity contribution in [3.8, 4) is 0 Å². The molecule has 0 aromatic rings. The van der Waals surface area contributed by atoms with E-state index in [4.69, 9.17) is 10.5 Å². The number of fused-ring (bicyclic) bond motifs is 7. The molecule has 6 nitrogen and oxygen atoms in total. The van der Waals surface area contributed by atoms with Crippen LogP contribution in [-0.4, -0.2) is 30.6 Å². The molecule has 5 rings (SSSR count). The van der Waals surface area contributed by atoms with E-state index in [2.05, 4.69) is 27.7 Å². The smallest absolute Gasteiger partial charge is 0.312 e. The Balaban J connectivity index is 1.63. The second kappa shape index (κ2) is 8.02. The van der Waals surface area contributed by atoms with Crippen LogP contribution in [0, 0.1) is 56.7 Å². The highest BCUT2D eigenvalue weighted by molar-refractivity contribution is 6.04. The number of amides is 1. The minimum Gasteiger partial charge on any atom is -0.469 e. The lowest BCUT2D eigenvalue weighted by atomic mass is 9.37. The molecular weight excluding hydrogens is 466 g/mol. The number of nitrogens with two attached hydrogens (primary N) is 1. The van der Waals surface area contributed by atoms with E-state index in [0.29, 0.717) is 6.42 Å². The van der Waals surface area contributed by atoms with Gasteiger partial charge in [0.05, 0.1) is 18.4 Å². The summed E-state index contributed by atoms with van der Waals surface area (Å²) in [6, 6.07) is 0. The van der Waals surface area contributed by atoms with Crippen LogP contribution in [-0.2, 0) is 23.9 Å². The summed E-state index contributed by atoms with van der Waals surface area (Å²) in [6.45, 7) is 12.9. The summed E-state index contributed by atoms with van der Waals surface area (Å²) in [5.41, 5.74) is 5.01. The summed E-state index contributed by atoms with van der Waals surface area (Å²) in [4.78, 5) is 53.3. The lowest BCUT2D eigenvalue weighted by molar-refractivity contribution is -0.179. The molecular formula is C31H45NO5. The van der Waals surface area contributed by atoms with Gasteiger partial charge in [0, 0.05) is 11.3 Å². The van der Waals surface area contributed by atoms with Crippen molar-refractivity contribution in [1.82, 2.24) is 0 Å². The van der Waals surface area contributed by atoms with Crippen LogP contribution in [0.1, 0.15) is 92.9 Å². The van der Waals surface area contributed by atoms with Gasteiger partial charge in [0.15, 0.2) is 11.6 Å². The van der Waals surface area contributed by atoms with E-state index in [1.165, 1.54) is 7.11 Å². The zero-order valence-corrected chi connectivity index (χ0v) is 23.7. The van der Waals surface area contributed by atoms with Crippen LogP contribution in [0.25, 0.3) is 0 Å². The van der Waals surface area contributed by atoms with Crippen molar-refractivity contribution < 1.29 is 23.9 Å². The molecule has 0 spiro atoms. The fourth-order valence-electron chi connectivity index (χ4n) is 10.4. The molecule has 7 unspecified atom stereocenters. The highest BCUT2D eigenvalue weighted by Gasteiger charge is 2.68. The average molecular weight is 512 g/mol. The van der Waals surface area contributed by atoms with Crippen molar-refractivity contribution in [3.05, 3.63) is 11.6 Å². The molecule has 0 saturated heterocycles. The molecule has 37 heavy (non-hydrogen) atoms. The molecule has 6 heteroatoms. The number of rotatable bonds is 2. The second-order valence-electron chi connectivity index (χ2n) is 14.9. The van der Waals surface area contributed by atoms with Crippen LogP contribution >= 0.6 is 0 Å². The quantitative estimate of drug-likeness (QED) is 0.414. The molecule has 1 amide bonds. The van der Waals surface area contributed by atoms with E-state index in [1.807, 2.05) is 19.9 Å². The highest BCUT2D eigenvalue weighted by Crippen LogP contribution is 2.71. The van der Waals surface area contributed by atoms with Crippen LogP contribution in [0.15, 0.2) is 11.6 Å². The molecule has 8 atom stereocenters. The molecule has 0 aromatic heterocycles. The number of carbonyl (C=O) groups is 4. The molecule has 4 saturated carbocycles. The number of ether oxygens (including phenoxy) is 1. The fourth-order valence-corrected chi connectivity index (χ4v) is 10.4. The summed E-state index contributed by atoms with van der Waals surface area (Å²) in [5.74, 6) is -1.51. The Bertz CT molecular complexity index is 1100. The number of Topliss-reactive ketones (excluding diaryl/α,β-unsaturated/α-hetero) is 1. The van der Waals surface area contributed by atoms with Crippen molar-refractivity contribution in [2.24, 2.45) is 62.4 Å². The van der Waals surface area contributed by atoms with Crippen molar-refractivity contribution in [2.75, 3.05) is 7.11 Å². The predicted octanol–water partition coefficient (Wildman–Crippen LogP) is 5.03. The first-order valence-electron chi connectivity index (χ1n) is 14.2. The first-order valence-corrected chi connectivity index (χ1v) is 14.2. The van der Waals surface area contributed by atoms with Gasteiger partial charge < -0.3 is 10.5 Å². The maximum atomic E-state index is 14.2. The zero-order chi connectivity index (χ0) is 27.3. The zero-order valence-electron chi connectivity index (χ0n) is 23.7. The van der Waals surface area contributed by atoms with Gasteiger partial charge in [0.2, 0.25) is 5.91 Å². The lowest BCUT2D eigenvalue weighted by Crippen LogP contribution is -2.63. The highest BCUT2D eigenvalue weighted by atomic mass is 16.5. The minimum atomic E-state index is -0.829. The molecule has 5 aliphatic rings. The maximum Gasteiger partial charge on any atom is 0.312 e. The molecule has 2 N–H and O–H groups in total. The van der Waals surface area contributed by atoms with Gasteiger partial charge in [-0.25, -0.2) is 0 Å². The van der Waals surface area contributed by atoms with Gasteiger partial charge in [-0.3, -0.25) is 19.2 Å². The van der Waals surface area contributed by atoms with E-state index in [0.717, 1.165) is 50.5 Å². The number of carbonyl (C=O) groups excluding carboxylic acids is 4. The minimum absolute atomic E-state index is 0.0298. The van der Waals surface area contributed by atoms with Gasteiger partial charge in [-0.05, 0) is 91.4 Å². The van der Waals surface area contributed by atoms with Gasteiger partial charge in [0.1, 0.15) is 0 Å². The summed E-state index contributed by atoms with van der Waals surface area (Å²) in [7, 11) is 1.48. The number of methoxy groups -OCH3 is 1. The summed E-state index contributed by atoms with van der Waals surface area (Å²) >= 11 is 0. The number of esters is 1. The summed E-state index contributed by atoms with van der Waals surface area (Å²) < 4.78 is 5.38. The molecule has 0 radical (unpaired) electrons. The Kier molecular flexibility index (Phi) is 5.77.